The molecule has 1 aliphatic heterocycles. The Bertz CT molecular complexity index is 214. The molecule has 2 N–H and O–H groups in total. The van der Waals surface area contributed by atoms with Crippen LogP contribution in [0.5, 0.6) is 0 Å². The van der Waals surface area contributed by atoms with Crippen molar-refractivity contribution in [3.8, 4) is 0 Å². The molecule has 0 aromatic rings. The van der Waals surface area contributed by atoms with Gasteiger partial charge < -0.3 is 10.4 Å². The maximum Gasteiger partial charge on any atom is 0.398 e. The molecule has 0 aromatic carbocycles. The first-order valence-corrected chi connectivity index (χ1v) is 4.44. The van der Waals surface area contributed by atoms with E-state index in [0.29, 0.717) is 12.8 Å². The molecule has 0 spiro atoms. The topological polar surface area (TPSA) is 32.3 Å². The normalized spacial score (nSPS) is 41.1. The van der Waals surface area contributed by atoms with E-state index in [-0.39, 0.29) is 19.0 Å². The fraction of sp³-hybridized carbons (Fsp3) is 1.00. The van der Waals surface area contributed by atoms with Gasteiger partial charge in [-0.05, 0) is 18.8 Å². The summed E-state index contributed by atoms with van der Waals surface area (Å²) < 4.78 is 38.3. The highest BCUT2D eigenvalue weighted by atomic mass is 19.4. The van der Waals surface area contributed by atoms with Crippen LogP contribution in [0.3, 0.4) is 0 Å². The summed E-state index contributed by atoms with van der Waals surface area (Å²) in [6.45, 7) is -0.0572. The molecule has 0 bridgehead atoms. The van der Waals surface area contributed by atoms with Crippen LogP contribution in [0.25, 0.3) is 0 Å². The first-order valence-electron chi connectivity index (χ1n) is 4.44. The van der Waals surface area contributed by atoms with Crippen molar-refractivity contribution in [2.45, 2.75) is 25.1 Å². The second-order valence-corrected chi connectivity index (χ2v) is 3.96. The third-order valence-corrected chi connectivity index (χ3v) is 3.18. The number of aliphatic hydroxyl groups excluding tert-OH is 1. The molecule has 2 rings (SSSR count). The van der Waals surface area contributed by atoms with E-state index in [0.717, 1.165) is 0 Å². The highest BCUT2D eigenvalue weighted by Crippen LogP contribution is 2.57. The number of hydrogen-bond donors (Lipinski definition) is 2. The molecular formula is C8H12F3NO. The zero-order chi connectivity index (χ0) is 9.69. The molecule has 2 aliphatic rings. The van der Waals surface area contributed by atoms with E-state index in [1.807, 2.05) is 0 Å². The smallest absolute Gasteiger partial charge is 0.391 e. The molecule has 0 aromatic heterocycles. The van der Waals surface area contributed by atoms with Gasteiger partial charge in [-0.3, -0.25) is 0 Å². The zero-order valence-electron chi connectivity index (χ0n) is 7.06. The summed E-state index contributed by atoms with van der Waals surface area (Å²) in [6, 6.07) is 0. The van der Waals surface area contributed by atoms with Crippen molar-refractivity contribution in [3.63, 3.8) is 0 Å². The quantitative estimate of drug-likeness (QED) is 0.651. The maximum atomic E-state index is 12.8. The molecule has 1 saturated heterocycles. The first kappa shape index (κ1) is 9.27. The van der Waals surface area contributed by atoms with Crippen LogP contribution in [0, 0.1) is 11.3 Å². The Morgan fingerprint density at radius 3 is 2.23 bits per heavy atom. The molecule has 1 saturated carbocycles. The molecule has 2 fully saturated rings. The Morgan fingerprint density at radius 2 is 1.92 bits per heavy atom. The van der Waals surface area contributed by atoms with E-state index in [4.69, 9.17) is 0 Å². The lowest BCUT2D eigenvalue weighted by molar-refractivity contribution is -0.249. The zero-order valence-corrected chi connectivity index (χ0v) is 7.06. The van der Waals surface area contributed by atoms with Gasteiger partial charge in [-0.25, -0.2) is 0 Å². The van der Waals surface area contributed by atoms with Gasteiger partial charge in [0.2, 0.25) is 0 Å². The average Bonchev–Trinajstić information content (AvgIpc) is 2.74. The lowest BCUT2D eigenvalue weighted by Gasteiger charge is -2.34. The number of aliphatic hydroxyl groups is 1. The van der Waals surface area contributed by atoms with Gasteiger partial charge in [0.1, 0.15) is 5.41 Å². The van der Waals surface area contributed by atoms with Crippen LogP contribution in [0.15, 0.2) is 0 Å². The van der Waals surface area contributed by atoms with Gasteiger partial charge in [0.05, 0.1) is 6.10 Å². The highest BCUT2D eigenvalue weighted by Gasteiger charge is 2.67. The lowest BCUT2D eigenvalue weighted by Crippen LogP contribution is -2.49. The Balaban J connectivity index is 2.29. The van der Waals surface area contributed by atoms with Crippen LogP contribution >= 0.6 is 0 Å². The van der Waals surface area contributed by atoms with Crippen LogP contribution < -0.4 is 5.32 Å². The van der Waals surface area contributed by atoms with Crippen LogP contribution in [0.4, 0.5) is 13.2 Å². The van der Waals surface area contributed by atoms with Gasteiger partial charge >= 0.3 is 6.18 Å². The van der Waals surface area contributed by atoms with Crippen molar-refractivity contribution in [1.29, 1.82) is 0 Å². The molecule has 1 aliphatic carbocycles. The average molecular weight is 195 g/mol. The summed E-state index contributed by atoms with van der Waals surface area (Å²) in [6.07, 6.45) is -4.35. The minimum atomic E-state index is -4.28. The molecule has 0 amide bonds. The van der Waals surface area contributed by atoms with Gasteiger partial charge in [0.15, 0.2) is 0 Å². The summed E-state index contributed by atoms with van der Waals surface area (Å²) in [7, 11) is 0. The van der Waals surface area contributed by atoms with Crippen LogP contribution in [-0.4, -0.2) is 30.5 Å². The number of β-amino-alcohol motifs (C(OH)–C–C–N with tert-alkyl or cyclic N) is 1. The largest absolute Gasteiger partial charge is 0.398 e. The summed E-state index contributed by atoms with van der Waals surface area (Å²) in [4.78, 5) is 0. The maximum absolute atomic E-state index is 12.8. The van der Waals surface area contributed by atoms with Crippen molar-refractivity contribution in [1.82, 2.24) is 5.32 Å². The van der Waals surface area contributed by atoms with Crippen molar-refractivity contribution in [3.05, 3.63) is 0 Å². The number of alkyl halides is 3. The molecular weight excluding hydrogens is 183 g/mol. The van der Waals surface area contributed by atoms with E-state index in [2.05, 4.69) is 5.32 Å². The fourth-order valence-corrected chi connectivity index (χ4v) is 2.25. The molecule has 5 heteroatoms. The number of nitrogens with one attached hydrogen (secondary N) is 1. The minimum absolute atomic E-state index is 0.0655. The summed E-state index contributed by atoms with van der Waals surface area (Å²) in [5.41, 5.74) is -1.85. The summed E-state index contributed by atoms with van der Waals surface area (Å²) >= 11 is 0. The fourth-order valence-electron chi connectivity index (χ4n) is 2.25. The Hall–Kier alpha value is -0.290. The van der Waals surface area contributed by atoms with Crippen LogP contribution in [0.2, 0.25) is 0 Å². The van der Waals surface area contributed by atoms with E-state index in [1.54, 1.807) is 0 Å². The Morgan fingerprint density at radius 1 is 1.31 bits per heavy atom. The molecule has 0 radical (unpaired) electrons. The molecule has 1 heterocycles. The van der Waals surface area contributed by atoms with Crippen molar-refractivity contribution < 1.29 is 18.3 Å². The van der Waals surface area contributed by atoms with E-state index in [1.165, 1.54) is 0 Å². The number of hydrogen-bond acceptors (Lipinski definition) is 2. The van der Waals surface area contributed by atoms with Gasteiger partial charge in [-0.15, -0.1) is 0 Å². The number of rotatable bonds is 1. The van der Waals surface area contributed by atoms with Crippen LogP contribution in [0.1, 0.15) is 12.8 Å². The molecule has 13 heavy (non-hydrogen) atoms. The van der Waals surface area contributed by atoms with Crippen molar-refractivity contribution >= 4 is 0 Å². The van der Waals surface area contributed by atoms with Crippen molar-refractivity contribution in [2.24, 2.45) is 11.3 Å². The van der Waals surface area contributed by atoms with Gasteiger partial charge in [0.25, 0.3) is 0 Å². The van der Waals surface area contributed by atoms with E-state index in [9.17, 15) is 18.3 Å². The monoisotopic (exact) mass is 195 g/mol. The van der Waals surface area contributed by atoms with Gasteiger partial charge in [-0.1, -0.05) is 0 Å². The predicted molar refractivity (Wildman–Crippen MR) is 40.1 cm³/mol. The van der Waals surface area contributed by atoms with Gasteiger partial charge in [-0.2, -0.15) is 13.2 Å². The molecule has 2 unspecified atom stereocenters. The molecule has 2 atom stereocenters. The van der Waals surface area contributed by atoms with E-state index >= 15 is 0 Å². The summed E-state index contributed by atoms with van der Waals surface area (Å²) in [5.74, 6) is -0.363. The molecule has 2 nitrogen and oxygen atoms in total. The summed E-state index contributed by atoms with van der Waals surface area (Å²) in [5, 5.41) is 12.0. The first-order chi connectivity index (χ1) is 5.98. The third kappa shape index (κ3) is 1.17. The number of halogens is 3. The van der Waals surface area contributed by atoms with E-state index < -0.39 is 17.7 Å². The Labute approximate surface area is 74.1 Å². The molecule has 76 valence electrons. The lowest BCUT2D eigenvalue weighted by atomic mass is 9.79. The second kappa shape index (κ2) is 2.60. The second-order valence-electron chi connectivity index (χ2n) is 3.96. The van der Waals surface area contributed by atoms with Crippen LogP contribution in [-0.2, 0) is 0 Å². The Kier molecular flexibility index (Phi) is 1.86. The minimum Gasteiger partial charge on any atom is -0.391 e. The SMILES string of the molecule is OC1CNCC1(C1CC1)C(F)(F)F. The third-order valence-electron chi connectivity index (χ3n) is 3.18. The van der Waals surface area contributed by atoms with Crippen molar-refractivity contribution in [2.75, 3.05) is 13.1 Å². The predicted octanol–water partition coefficient (Wildman–Crippen LogP) is 0.909. The highest BCUT2D eigenvalue weighted by molar-refractivity contribution is 5.08. The van der Waals surface area contributed by atoms with Gasteiger partial charge in [0, 0.05) is 13.1 Å². The standard InChI is InChI=1S/C8H12F3NO/c9-8(10,11)7(5-1-2-5)4-12-3-6(7)13/h5-6,12-13H,1-4H2.